The first-order chi connectivity index (χ1) is 15.8. The molecule has 2 aromatic rings. The highest BCUT2D eigenvalue weighted by Crippen LogP contribution is 2.76. The van der Waals surface area contributed by atoms with Crippen LogP contribution in [0.15, 0.2) is 24.3 Å². The van der Waals surface area contributed by atoms with Gasteiger partial charge >= 0.3 is 0 Å². The molecule has 3 aliphatic rings. The fourth-order valence-corrected chi connectivity index (χ4v) is 6.32. The highest BCUT2D eigenvalue weighted by Gasteiger charge is 2.74. The first-order valence-corrected chi connectivity index (χ1v) is 11.0. The number of nitrogens with zero attached hydrogens (tertiary/aromatic N) is 4. The van der Waals surface area contributed by atoms with E-state index in [2.05, 4.69) is 16.1 Å². The Morgan fingerprint density at radius 3 is 2.76 bits per heavy atom. The van der Waals surface area contributed by atoms with Crippen LogP contribution in [-0.4, -0.2) is 45.3 Å². The molecule has 0 saturated heterocycles. The smallest absolute Gasteiger partial charge is 0.251 e. The van der Waals surface area contributed by atoms with Crippen LogP contribution in [0, 0.1) is 53.1 Å². The van der Waals surface area contributed by atoms with E-state index in [-0.39, 0.29) is 47.9 Å². The van der Waals surface area contributed by atoms with E-state index in [4.69, 9.17) is 11.7 Å². The molecule has 1 heterocycles. The second kappa shape index (κ2) is 7.60. The molecule has 8 heteroatoms. The summed E-state index contributed by atoms with van der Waals surface area (Å²) in [5.74, 6) is 1.39. The minimum Gasteiger partial charge on any atom is -0.384 e. The van der Waals surface area contributed by atoms with Crippen molar-refractivity contribution in [2.24, 2.45) is 17.8 Å². The van der Waals surface area contributed by atoms with Crippen molar-refractivity contribution in [3.05, 3.63) is 47.2 Å². The number of benzene rings is 1. The maximum absolute atomic E-state index is 14.4. The molecular weight excluding hydrogens is 426 g/mol. The SMILES string of the molecule is C#CC1C2CC3(CN(CCC#N)C(=O)C(C)O)c4nnc(-c5c(F)cccc5F)cc4C1C23. The fourth-order valence-electron chi connectivity index (χ4n) is 6.32. The molecule has 1 amide bonds. The summed E-state index contributed by atoms with van der Waals surface area (Å²) in [7, 11) is 0. The molecule has 0 spiro atoms. The molecule has 0 radical (unpaired) electrons. The summed E-state index contributed by atoms with van der Waals surface area (Å²) in [6.45, 7) is 1.90. The number of aliphatic hydroxyl groups is 1. The first kappa shape index (κ1) is 21.5. The maximum atomic E-state index is 14.4. The van der Waals surface area contributed by atoms with Gasteiger partial charge in [0.1, 0.15) is 17.7 Å². The van der Waals surface area contributed by atoms with Crippen LogP contribution in [-0.2, 0) is 10.2 Å². The van der Waals surface area contributed by atoms with Gasteiger partial charge in [-0.05, 0) is 48.9 Å². The Kier molecular flexibility index (Phi) is 4.95. The van der Waals surface area contributed by atoms with Gasteiger partial charge in [-0.2, -0.15) is 15.5 Å². The largest absolute Gasteiger partial charge is 0.384 e. The van der Waals surface area contributed by atoms with E-state index in [1.807, 2.05) is 6.07 Å². The minimum atomic E-state index is -1.19. The standard InChI is InChI=1S/C25H22F2N4O2/c1-3-14-16-11-25(12-31(9-5-8-28)24(33)13(2)32)22(16)20(14)15-10-19(29-30-23(15)25)21-17(26)6-4-7-18(21)27/h1,4,6-7,10,13-14,16,20,22,32H,5,9,11-12H2,2H3. The molecule has 33 heavy (non-hydrogen) atoms. The molecule has 5 rings (SSSR count). The number of fused-ring (bicyclic) bond motifs is 3. The monoisotopic (exact) mass is 448 g/mol. The molecule has 3 aliphatic carbocycles. The minimum absolute atomic E-state index is 0.00748. The zero-order valence-electron chi connectivity index (χ0n) is 18.0. The Bertz CT molecular complexity index is 1210. The molecule has 1 aromatic carbocycles. The maximum Gasteiger partial charge on any atom is 0.251 e. The summed E-state index contributed by atoms with van der Waals surface area (Å²) >= 11 is 0. The molecule has 0 aliphatic heterocycles. The van der Waals surface area contributed by atoms with Gasteiger partial charge in [-0.1, -0.05) is 6.07 Å². The summed E-state index contributed by atoms with van der Waals surface area (Å²) in [4.78, 5) is 14.2. The number of halogens is 2. The van der Waals surface area contributed by atoms with Crippen molar-refractivity contribution in [3.8, 4) is 29.7 Å². The van der Waals surface area contributed by atoms with Crippen molar-refractivity contribution in [2.45, 2.75) is 37.2 Å². The van der Waals surface area contributed by atoms with Crippen molar-refractivity contribution in [2.75, 3.05) is 13.1 Å². The van der Waals surface area contributed by atoms with Gasteiger partial charge in [-0.15, -0.1) is 12.3 Å². The lowest BCUT2D eigenvalue weighted by atomic mass is 9.39. The molecule has 6 atom stereocenters. The van der Waals surface area contributed by atoms with Gasteiger partial charge in [0, 0.05) is 30.3 Å². The van der Waals surface area contributed by atoms with Gasteiger partial charge < -0.3 is 10.0 Å². The van der Waals surface area contributed by atoms with Gasteiger partial charge in [-0.25, -0.2) is 8.78 Å². The van der Waals surface area contributed by atoms with Crippen LogP contribution in [0.25, 0.3) is 11.3 Å². The summed E-state index contributed by atoms with van der Waals surface area (Å²) in [6.07, 6.45) is 5.49. The van der Waals surface area contributed by atoms with E-state index in [0.29, 0.717) is 18.7 Å². The average molecular weight is 448 g/mol. The van der Waals surface area contributed by atoms with Crippen molar-refractivity contribution in [1.29, 1.82) is 5.26 Å². The van der Waals surface area contributed by atoms with Crippen LogP contribution < -0.4 is 0 Å². The van der Waals surface area contributed by atoms with E-state index in [1.165, 1.54) is 30.0 Å². The summed E-state index contributed by atoms with van der Waals surface area (Å²) in [5.41, 5.74) is 0.925. The molecule has 1 aromatic heterocycles. The Labute approximate surface area is 190 Å². The number of hydrogen-bond acceptors (Lipinski definition) is 5. The number of aromatic nitrogens is 2. The summed E-state index contributed by atoms with van der Waals surface area (Å²) < 4.78 is 28.8. The van der Waals surface area contributed by atoms with E-state index in [1.54, 1.807) is 6.07 Å². The second-order valence-electron chi connectivity index (χ2n) is 9.24. The van der Waals surface area contributed by atoms with E-state index >= 15 is 0 Å². The Hall–Kier alpha value is -3.36. The third-order valence-corrected chi connectivity index (χ3v) is 7.64. The van der Waals surface area contributed by atoms with Gasteiger partial charge in [0.05, 0.1) is 29.4 Å². The third kappa shape index (κ3) is 2.91. The Balaban J connectivity index is 1.57. The fraction of sp³-hybridized carbons (Fsp3) is 0.440. The normalized spacial score (nSPS) is 28.9. The highest BCUT2D eigenvalue weighted by molar-refractivity contribution is 5.80. The molecule has 168 valence electrons. The van der Waals surface area contributed by atoms with Crippen LogP contribution in [0.3, 0.4) is 0 Å². The molecule has 6 unspecified atom stereocenters. The molecule has 6 nitrogen and oxygen atoms in total. The topological polar surface area (TPSA) is 90.1 Å². The van der Waals surface area contributed by atoms with E-state index < -0.39 is 29.1 Å². The zero-order chi connectivity index (χ0) is 23.5. The lowest BCUT2D eigenvalue weighted by Crippen LogP contribution is -2.65. The second-order valence-corrected chi connectivity index (χ2v) is 9.24. The number of carbonyl (C=O) groups excluding carboxylic acids is 1. The Morgan fingerprint density at radius 2 is 2.12 bits per heavy atom. The van der Waals surface area contributed by atoms with Gasteiger partial charge in [0.25, 0.3) is 5.91 Å². The quantitative estimate of drug-likeness (QED) is 0.687. The molecule has 2 fully saturated rings. The van der Waals surface area contributed by atoms with E-state index in [0.717, 1.165) is 5.56 Å². The van der Waals surface area contributed by atoms with Crippen molar-refractivity contribution in [3.63, 3.8) is 0 Å². The number of carbonyl (C=O) groups is 1. The molecule has 2 saturated carbocycles. The number of aliphatic hydroxyl groups excluding tert-OH is 1. The first-order valence-electron chi connectivity index (χ1n) is 11.0. The van der Waals surface area contributed by atoms with Gasteiger partial charge in [0.2, 0.25) is 0 Å². The Morgan fingerprint density at radius 1 is 1.39 bits per heavy atom. The van der Waals surface area contributed by atoms with Crippen molar-refractivity contribution in [1.82, 2.24) is 15.1 Å². The lowest BCUT2D eigenvalue weighted by molar-refractivity contribution is -0.148. The number of nitriles is 1. The number of hydrogen-bond donors (Lipinski definition) is 1. The zero-order valence-corrected chi connectivity index (χ0v) is 18.0. The summed E-state index contributed by atoms with van der Waals surface area (Å²) in [5, 5.41) is 27.5. The van der Waals surface area contributed by atoms with Crippen LogP contribution >= 0.6 is 0 Å². The van der Waals surface area contributed by atoms with Crippen LogP contribution in [0.1, 0.15) is 36.9 Å². The van der Waals surface area contributed by atoms with Gasteiger partial charge in [0.15, 0.2) is 0 Å². The van der Waals surface area contributed by atoms with Crippen molar-refractivity contribution < 1.29 is 18.7 Å². The van der Waals surface area contributed by atoms with Crippen LogP contribution in [0.2, 0.25) is 0 Å². The van der Waals surface area contributed by atoms with Gasteiger partial charge in [-0.3, -0.25) is 4.79 Å². The number of amides is 1. The molecule has 0 bridgehead atoms. The average Bonchev–Trinajstić information content (AvgIpc) is 2.85. The predicted molar refractivity (Wildman–Crippen MR) is 114 cm³/mol. The van der Waals surface area contributed by atoms with Crippen LogP contribution in [0.4, 0.5) is 8.78 Å². The third-order valence-electron chi connectivity index (χ3n) is 7.64. The van der Waals surface area contributed by atoms with Crippen molar-refractivity contribution >= 4 is 5.91 Å². The highest BCUT2D eigenvalue weighted by atomic mass is 19.1. The van der Waals surface area contributed by atoms with Crippen LogP contribution in [0.5, 0.6) is 0 Å². The molecular formula is C25H22F2N4O2. The number of terminal acetylenes is 1. The number of rotatable bonds is 6. The lowest BCUT2D eigenvalue weighted by Gasteiger charge is -2.64. The van der Waals surface area contributed by atoms with E-state index in [9.17, 15) is 18.7 Å². The summed E-state index contributed by atoms with van der Waals surface area (Å²) in [6, 6.07) is 7.38. The predicted octanol–water partition coefficient (Wildman–Crippen LogP) is 2.78. The molecule has 1 N–H and O–H groups in total.